The van der Waals surface area contributed by atoms with Crippen molar-refractivity contribution in [3.63, 3.8) is 0 Å². The number of likely N-dealkylation sites (tertiary alicyclic amines) is 1. The lowest BCUT2D eigenvalue weighted by Gasteiger charge is -2.32. The number of nitrogens with one attached hydrogen (secondary N) is 1. The number of carboxylic acids is 1. The van der Waals surface area contributed by atoms with E-state index in [0.717, 1.165) is 25.8 Å². The number of carbonyl (C=O) groups excluding carboxylic acids is 1. The number of hydrogen-bond donors (Lipinski definition) is 2. The predicted molar refractivity (Wildman–Crippen MR) is 70.5 cm³/mol. The average molecular weight is 264 g/mol. The Morgan fingerprint density at radius 1 is 1.37 bits per heavy atom. The van der Waals surface area contributed by atoms with Crippen LogP contribution in [0.3, 0.4) is 0 Å². The number of rotatable bonds is 3. The Hall–Kier alpha value is -1.70. The number of amides is 2. The van der Waals surface area contributed by atoms with Crippen LogP contribution in [0.25, 0.3) is 0 Å². The van der Waals surface area contributed by atoms with Crippen LogP contribution in [0, 0.1) is 18.3 Å². The maximum absolute atomic E-state index is 12.2. The number of aliphatic carboxylic acids is 1. The summed E-state index contributed by atoms with van der Waals surface area (Å²) in [5, 5.41) is 11.5. The van der Waals surface area contributed by atoms with E-state index in [1.165, 1.54) is 12.8 Å². The highest BCUT2D eigenvalue weighted by molar-refractivity contribution is 5.83. The second-order valence-corrected chi connectivity index (χ2v) is 5.34. The van der Waals surface area contributed by atoms with E-state index in [4.69, 9.17) is 11.5 Å². The van der Waals surface area contributed by atoms with Crippen molar-refractivity contribution in [2.24, 2.45) is 5.92 Å². The fourth-order valence-electron chi connectivity index (χ4n) is 3.21. The zero-order valence-electron chi connectivity index (χ0n) is 11.0. The van der Waals surface area contributed by atoms with Crippen molar-refractivity contribution < 1.29 is 14.7 Å². The Kier molecular flexibility index (Phi) is 4.31. The molecule has 1 aliphatic carbocycles. The maximum atomic E-state index is 12.2. The second kappa shape index (κ2) is 5.96. The highest BCUT2D eigenvalue weighted by atomic mass is 16.4. The van der Waals surface area contributed by atoms with E-state index in [0.29, 0.717) is 5.92 Å². The topological polar surface area (TPSA) is 69.6 Å². The van der Waals surface area contributed by atoms with Crippen LogP contribution < -0.4 is 5.32 Å². The molecule has 2 aliphatic rings. The molecule has 0 aromatic carbocycles. The van der Waals surface area contributed by atoms with E-state index >= 15 is 0 Å². The lowest BCUT2D eigenvalue weighted by atomic mass is 9.85. The number of terminal acetylenes is 1. The van der Waals surface area contributed by atoms with Crippen molar-refractivity contribution >= 4 is 12.0 Å². The highest BCUT2D eigenvalue weighted by Crippen LogP contribution is 2.36. The Morgan fingerprint density at radius 2 is 2.11 bits per heavy atom. The maximum Gasteiger partial charge on any atom is 0.327 e. The molecule has 19 heavy (non-hydrogen) atoms. The molecular weight excluding hydrogens is 244 g/mol. The molecule has 3 atom stereocenters. The molecule has 1 saturated heterocycles. The molecule has 104 valence electrons. The van der Waals surface area contributed by atoms with Crippen LogP contribution >= 0.6 is 0 Å². The highest BCUT2D eigenvalue weighted by Gasteiger charge is 2.38. The second-order valence-electron chi connectivity index (χ2n) is 5.34. The number of hydrogen-bond acceptors (Lipinski definition) is 2. The van der Waals surface area contributed by atoms with Gasteiger partial charge in [0.15, 0.2) is 0 Å². The summed E-state index contributed by atoms with van der Waals surface area (Å²) in [5.74, 6) is 1.80. The van der Waals surface area contributed by atoms with E-state index < -0.39 is 12.0 Å². The molecule has 0 aromatic heterocycles. The molecule has 0 aromatic rings. The van der Waals surface area contributed by atoms with E-state index in [1.54, 1.807) is 4.90 Å². The minimum atomic E-state index is -1.08. The van der Waals surface area contributed by atoms with Crippen molar-refractivity contribution in [1.82, 2.24) is 10.2 Å². The molecule has 0 radical (unpaired) electrons. The first-order valence-electron chi connectivity index (χ1n) is 6.87. The summed E-state index contributed by atoms with van der Waals surface area (Å²) in [5.41, 5.74) is 0. The Labute approximate surface area is 113 Å². The largest absolute Gasteiger partial charge is 0.480 e. The molecule has 2 amide bonds. The molecule has 5 heteroatoms. The van der Waals surface area contributed by atoms with Crippen LogP contribution in [-0.2, 0) is 4.79 Å². The predicted octanol–water partition coefficient (Wildman–Crippen LogP) is 1.44. The Morgan fingerprint density at radius 3 is 2.79 bits per heavy atom. The number of nitrogens with zero attached hydrogens (tertiary/aromatic N) is 1. The lowest BCUT2D eigenvalue weighted by Crippen LogP contribution is -2.50. The normalized spacial score (nSPS) is 27.2. The van der Waals surface area contributed by atoms with Gasteiger partial charge in [0, 0.05) is 19.0 Å². The molecule has 1 aliphatic heterocycles. The SMILES string of the molecule is C#CCC(NC(=O)N1CCC2CCCCC21)C(=O)O. The molecule has 2 N–H and O–H groups in total. The first-order valence-corrected chi connectivity index (χ1v) is 6.87. The van der Waals surface area contributed by atoms with E-state index in [9.17, 15) is 9.59 Å². The molecule has 1 heterocycles. The van der Waals surface area contributed by atoms with Crippen LogP contribution in [0.4, 0.5) is 4.79 Å². The van der Waals surface area contributed by atoms with E-state index in [1.807, 2.05) is 0 Å². The molecular formula is C14H20N2O3. The van der Waals surface area contributed by atoms with Gasteiger partial charge >= 0.3 is 12.0 Å². The van der Waals surface area contributed by atoms with Crippen LogP contribution in [0.1, 0.15) is 38.5 Å². The standard InChI is InChI=1S/C14H20N2O3/c1-2-5-11(13(17)18)15-14(19)16-9-8-10-6-3-4-7-12(10)16/h1,10-12H,3-9H2,(H,15,19)(H,17,18). The van der Waals surface area contributed by atoms with Gasteiger partial charge in [0.25, 0.3) is 0 Å². The first-order chi connectivity index (χ1) is 9.13. The third kappa shape index (κ3) is 3.01. The summed E-state index contributed by atoms with van der Waals surface area (Å²) < 4.78 is 0. The third-order valence-corrected chi connectivity index (χ3v) is 4.19. The molecule has 2 rings (SSSR count). The van der Waals surface area contributed by atoms with Gasteiger partial charge in [-0.15, -0.1) is 12.3 Å². The van der Waals surface area contributed by atoms with Crippen molar-refractivity contribution in [3.05, 3.63) is 0 Å². The lowest BCUT2D eigenvalue weighted by molar-refractivity contribution is -0.139. The van der Waals surface area contributed by atoms with Crippen molar-refractivity contribution in [1.29, 1.82) is 0 Å². The van der Waals surface area contributed by atoms with Gasteiger partial charge in [-0.25, -0.2) is 9.59 Å². The Balaban J connectivity index is 1.96. The van der Waals surface area contributed by atoms with Crippen LogP contribution in [0.15, 0.2) is 0 Å². The summed E-state index contributed by atoms with van der Waals surface area (Å²) in [7, 11) is 0. The average Bonchev–Trinajstić information content (AvgIpc) is 2.81. The van der Waals surface area contributed by atoms with Gasteiger partial charge in [-0.2, -0.15) is 0 Å². The third-order valence-electron chi connectivity index (χ3n) is 4.19. The quantitative estimate of drug-likeness (QED) is 0.758. The molecule has 0 spiro atoms. The number of fused-ring (bicyclic) bond motifs is 1. The summed E-state index contributed by atoms with van der Waals surface area (Å²) in [6, 6.07) is -0.980. The van der Waals surface area contributed by atoms with Gasteiger partial charge in [0.1, 0.15) is 6.04 Å². The van der Waals surface area contributed by atoms with Gasteiger partial charge in [-0.05, 0) is 25.2 Å². The smallest absolute Gasteiger partial charge is 0.327 e. The molecule has 5 nitrogen and oxygen atoms in total. The summed E-state index contributed by atoms with van der Waals surface area (Å²) in [4.78, 5) is 25.0. The van der Waals surface area contributed by atoms with Gasteiger partial charge in [0.2, 0.25) is 0 Å². The molecule has 1 saturated carbocycles. The summed E-state index contributed by atoms with van der Waals surface area (Å²) in [6.45, 7) is 0.726. The zero-order chi connectivity index (χ0) is 13.8. The van der Waals surface area contributed by atoms with Crippen LogP contribution in [0.2, 0.25) is 0 Å². The molecule has 2 fully saturated rings. The summed E-state index contributed by atoms with van der Waals surface area (Å²) >= 11 is 0. The molecule has 3 unspecified atom stereocenters. The van der Waals surface area contributed by atoms with Crippen molar-refractivity contribution in [3.8, 4) is 12.3 Å². The van der Waals surface area contributed by atoms with Gasteiger partial charge in [-0.1, -0.05) is 12.8 Å². The van der Waals surface area contributed by atoms with E-state index in [-0.39, 0.29) is 18.5 Å². The molecule has 0 bridgehead atoms. The number of carboxylic acid groups (broad SMARTS) is 1. The first kappa shape index (κ1) is 13.7. The minimum Gasteiger partial charge on any atom is -0.480 e. The number of carbonyl (C=O) groups is 2. The van der Waals surface area contributed by atoms with Gasteiger partial charge in [-0.3, -0.25) is 0 Å². The number of urea groups is 1. The Bertz CT molecular complexity index is 402. The fraction of sp³-hybridized carbons (Fsp3) is 0.714. The van der Waals surface area contributed by atoms with Gasteiger partial charge < -0.3 is 15.3 Å². The van der Waals surface area contributed by atoms with Crippen LogP contribution in [-0.4, -0.2) is 40.6 Å². The van der Waals surface area contributed by atoms with Gasteiger partial charge in [0.05, 0.1) is 0 Å². The zero-order valence-corrected chi connectivity index (χ0v) is 11.0. The van der Waals surface area contributed by atoms with Crippen LogP contribution in [0.5, 0.6) is 0 Å². The van der Waals surface area contributed by atoms with E-state index in [2.05, 4.69) is 11.2 Å². The summed E-state index contributed by atoms with van der Waals surface area (Å²) in [6.07, 6.45) is 10.8. The van der Waals surface area contributed by atoms with Crippen molar-refractivity contribution in [2.75, 3.05) is 6.54 Å². The minimum absolute atomic E-state index is 0.0169. The monoisotopic (exact) mass is 264 g/mol. The fourth-order valence-corrected chi connectivity index (χ4v) is 3.21. The van der Waals surface area contributed by atoms with Crippen molar-refractivity contribution in [2.45, 2.75) is 50.6 Å².